The Balaban J connectivity index is 1.28. The second-order valence-corrected chi connectivity index (χ2v) is 7.36. The van der Waals surface area contributed by atoms with E-state index < -0.39 is 0 Å². The third-order valence-electron chi connectivity index (χ3n) is 6.12. The molecule has 0 radical (unpaired) electrons. The molecule has 0 aromatic rings. The van der Waals surface area contributed by atoms with E-state index in [1.807, 2.05) is 7.05 Å². The van der Waals surface area contributed by atoms with Gasteiger partial charge in [0.2, 0.25) is 0 Å². The number of hydrogen-bond donors (Lipinski definition) is 1. The van der Waals surface area contributed by atoms with Crippen molar-refractivity contribution in [1.29, 1.82) is 0 Å². The van der Waals surface area contributed by atoms with E-state index in [2.05, 4.69) is 27.0 Å². The van der Waals surface area contributed by atoms with Gasteiger partial charge in [-0.05, 0) is 32.2 Å². The Morgan fingerprint density at radius 2 is 1.86 bits per heavy atom. The Morgan fingerprint density at radius 3 is 2.41 bits per heavy atom. The summed E-state index contributed by atoms with van der Waals surface area (Å²) in [6, 6.07) is 0.854. The van der Waals surface area contributed by atoms with Crippen molar-refractivity contribution in [1.82, 2.24) is 15.1 Å². The van der Waals surface area contributed by atoms with Gasteiger partial charge in [0.05, 0.1) is 12.2 Å². The van der Waals surface area contributed by atoms with Crippen LogP contribution in [0.4, 0.5) is 0 Å². The summed E-state index contributed by atoms with van der Waals surface area (Å²) in [5, 5.41) is 3.59. The molecule has 124 valence electrons. The number of nitrogens with zero attached hydrogens (tertiary/aromatic N) is 3. The summed E-state index contributed by atoms with van der Waals surface area (Å²) in [5.41, 5.74) is 0. The first-order valence-corrected chi connectivity index (χ1v) is 9.15. The predicted molar refractivity (Wildman–Crippen MR) is 88.1 cm³/mol. The highest BCUT2D eigenvalue weighted by Crippen LogP contribution is 2.47. The summed E-state index contributed by atoms with van der Waals surface area (Å²) in [6.45, 7) is 7.84. The zero-order chi connectivity index (χ0) is 15.1. The molecule has 5 nitrogen and oxygen atoms in total. The van der Waals surface area contributed by atoms with Crippen molar-refractivity contribution < 1.29 is 4.74 Å². The second-order valence-electron chi connectivity index (χ2n) is 7.36. The molecular formula is C17H30N4O. The smallest absolute Gasteiger partial charge is 0.193 e. The zero-order valence-electron chi connectivity index (χ0n) is 14.0. The lowest BCUT2D eigenvalue weighted by atomic mass is 9.82. The van der Waals surface area contributed by atoms with Gasteiger partial charge in [0.15, 0.2) is 5.96 Å². The minimum absolute atomic E-state index is 0.531. The Morgan fingerprint density at radius 1 is 1.18 bits per heavy atom. The third kappa shape index (κ3) is 2.62. The van der Waals surface area contributed by atoms with E-state index in [1.165, 1.54) is 32.2 Å². The molecule has 4 unspecified atom stereocenters. The van der Waals surface area contributed by atoms with Gasteiger partial charge in [-0.1, -0.05) is 6.92 Å². The molecule has 4 aliphatic rings. The number of fused-ring (bicyclic) bond motifs is 5. The van der Waals surface area contributed by atoms with Crippen molar-refractivity contribution in [2.24, 2.45) is 16.8 Å². The van der Waals surface area contributed by atoms with Crippen LogP contribution in [0.15, 0.2) is 4.99 Å². The average molecular weight is 306 g/mol. The Bertz CT molecular complexity index is 418. The highest BCUT2D eigenvalue weighted by Gasteiger charge is 2.53. The molecule has 4 atom stereocenters. The van der Waals surface area contributed by atoms with Gasteiger partial charge in [0, 0.05) is 51.1 Å². The van der Waals surface area contributed by atoms with Crippen LogP contribution in [-0.4, -0.2) is 73.8 Å². The van der Waals surface area contributed by atoms with Gasteiger partial charge >= 0.3 is 0 Å². The first-order chi connectivity index (χ1) is 10.8. The first kappa shape index (κ1) is 14.8. The van der Waals surface area contributed by atoms with Crippen LogP contribution in [0, 0.1) is 11.8 Å². The summed E-state index contributed by atoms with van der Waals surface area (Å²) in [7, 11) is 1.92. The van der Waals surface area contributed by atoms with E-state index in [0.29, 0.717) is 12.2 Å². The molecule has 0 amide bonds. The van der Waals surface area contributed by atoms with Gasteiger partial charge < -0.3 is 15.0 Å². The monoisotopic (exact) mass is 306 g/mol. The highest BCUT2D eigenvalue weighted by atomic mass is 16.5. The van der Waals surface area contributed by atoms with E-state index >= 15 is 0 Å². The van der Waals surface area contributed by atoms with Crippen molar-refractivity contribution in [3.8, 4) is 0 Å². The van der Waals surface area contributed by atoms with Gasteiger partial charge in [-0.2, -0.15) is 0 Å². The maximum absolute atomic E-state index is 6.07. The number of ether oxygens (including phenoxy) is 1. The topological polar surface area (TPSA) is 40.1 Å². The number of aliphatic imine (C=N–C) groups is 1. The van der Waals surface area contributed by atoms with Crippen LogP contribution >= 0.6 is 0 Å². The number of rotatable bonds is 5. The van der Waals surface area contributed by atoms with Crippen molar-refractivity contribution in [2.75, 3.05) is 39.8 Å². The average Bonchev–Trinajstić information content (AvgIpc) is 2.99. The lowest BCUT2D eigenvalue weighted by Crippen LogP contribution is -2.44. The van der Waals surface area contributed by atoms with E-state index in [4.69, 9.17) is 4.74 Å². The first-order valence-electron chi connectivity index (χ1n) is 9.15. The van der Waals surface area contributed by atoms with Crippen LogP contribution in [0.25, 0.3) is 0 Å². The predicted octanol–water partition coefficient (Wildman–Crippen LogP) is 1.16. The fourth-order valence-electron chi connectivity index (χ4n) is 4.82. The second kappa shape index (κ2) is 6.00. The molecular weight excluding hydrogens is 276 g/mol. The van der Waals surface area contributed by atoms with Gasteiger partial charge in [0.25, 0.3) is 0 Å². The molecule has 22 heavy (non-hydrogen) atoms. The maximum Gasteiger partial charge on any atom is 0.193 e. The van der Waals surface area contributed by atoms with Gasteiger partial charge in [0.1, 0.15) is 0 Å². The molecule has 1 aliphatic carbocycles. The van der Waals surface area contributed by atoms with Crippen molar-refractivity contribution in [3.63, 3.8) is 0 Å². The number of hydrogen-bond acceptors (Lipinski definition) is 3. The van der Waals surface area contributed by atoms with E-state index in [1.54, 1.807) is 0 Å². The fraction of sp³-hybridized carbons (Fsp3) is 0.941. The molecule has 0 aromatic carbocycles. The highest BCUT2D eigenvalue weighted by molar-refractivity contribution is 5.80. The van der Waals surface area contributed by atoms with Gasteiger partial charge in [-0.3, -0.25) is 9.89 Å². The summed E-state index contributed by atoms with van der Waals surface area (Å²) in [4.78, 5) is 9.58. The fourth-order valence-corrected chi connectivity index (χ4v) is 4.82. The number of likely N-dealkylation sites (tertiary alicyclic amines) is 1. The Kier molecular flexibility index (Phi) is 4.03. The molecule has 0 spiro atoms. The Labute approximate surface area is 134 Å². The SMILES string of the molecule is CCN(CCNC(=NC)N1CC2C3CCC(O3)C2C1)C1CC1. The minimum atomic E-state index is 0.531. The Hall–Kier alpha value is -0.810. The lowest BCUT2D eigenvalue weighted by Gasteiger charge is -2.25. The minimum Gasteiger partial charge on any atom is -0.374 e. The van der Waals surface area contributed by atoms with Crippen molar-refractivity contribution in [3.05, 3.63) is 0 Å². The maximum atomic E-state index is 6.07. The van der Waals surface area contributed by atoms with Gasteiger partial charge in [-0.15, -0.1) is 0 Å². The molecule has 1 N–H and O–H groups in total. The molecule has 3 saturated heterocycles. The number of guanidine groups is 1. The van der Waals surface area contributed by atoms with Crippen LogP contribution in [0.3, 0.4) is 0 Å². The normalized spacial score (nSPS) is 37.2. The third-order valence-corrected chi connectivity index (χ3v) is 6.12. The molecule has 5 heteroatoms. The number of likely N-dealkylation sites (N-methyl/N-ethyl adjacent to an activating group) is 1. The molecule has 2 bridgehead atoms. The summed E-state index contributed by atoms with van der Waals surface area (Å²) in [5.74, 6) is 2.59. The molecule has 3 heterocycles. The quantitative estimate of drug-likeness (QED) is 0.611. The van der Waals surface area contributed by atoms with E-state index in [0.717, 1.165) is 50.0 Å². The van der Waals surface area contributed by atoms with E-state index in [9.17, 15) is 0 Å². The standard InChI is InChI=1S/C17H30N4O/c1-3-20(12-4-5-12)9-8-19-17(18-2)21-10-13-14(11-21)16-7-6-15(13)22-16/h12-16H,3-11H2,1-2H3,(H,18,19). The van der Waals surface area contributed by atoms with Gasteiger partial charge in [-0.25, -0.2) is 0 Å². The van der Waals surface area contributed by atoms with E-state index in [-0.39, 0.29) is 0 Å². The van der Waals surface area contributed by atoms with Crippen LogP contribution < -0.4 is 5.32 Å². The molecule has 3 aliphatic heterocycles. The van der Waals surface area contributed by atoms with Crippen molar-refractivity contribution >= 4 is 5.96 Å². The molecule has 4 fully saturated rings. The van der Waals surface area contributed by atoms with Crippen LogP contribution in [-0.2, 0) is 4.74 Å². The zero-order valence-corrected chi connectivity index (χ0v) is 14.0. The summed E-state index contributed by atoms with van der Waals surface area (Å²) in [6.07, 6.45) is 6.39. The summed E-state index contributed by atoms with van der Waals surface area (Å²) < 4.78 is 6.07. The number of nitrogens with one attached hydrogen (secondary N) is 1. The van der Waals surface area contributed by atoms with Crippen LogP contribution in [0.5, 0.6) is 0 Å². The molecule has 4 rings (SSSR count). The summed E-state index contributed by atoms with van der Waals surface area (Å²) >= 11 is 0. The lowest BCUT2D eigenvalue weighted by molar-refractivity contribution is 0.0767. The molecule has 0 aromatic heterocycles. The van der Waals surface area contributed by atoms with Crippen molar-refractivity contribution in [2.45, 2.75) is 50.9 Å². The molecule has 1 saturated carbocycles. The largest absolute Gasteiger partial charge is 0.374 e. The van der Waals surface area contributed by atoms with Crippen LogP contribution in [0.1, 0.15) is 32.6 Å². The van der Waals surface area contributed by atoms with Crippen LogP contribution in [0.2, 0.25) is 0 Å².